The number of pyridine rings is 1. The largest absolute Gasteiger partial charge is 0.481 e. The van der Waals surface area contributed by atoms with Gasteiger partial charge in [-0.15, -0.1) is 0 Å². The molecule has 0 unspecified atom stereocenters. The average molecular weight is 681 g/mol. The number of benzene rings is 2. The van der Waals surface area contributed by atoms with Crippen molar-refractivity contribution in [2.45, 2.75) is 65.7 Å². The Bertz CT molecular complexity index is 1620. The van der Waals surface area contributed by atoms with E-state index in [0.29, 0.717) is 35.2 Å². The smallest absolute Gasteiger partial charge is 0.401 e. The molecule has 0 bridgehead atoms. The van der Waals surface area contributed by atoms with Crippen LogP contribution >= 0.6 is 0 Å². The van der Waals surface area contributed by atoms with Crippen molar-refractivity contribution >= 4 is 18.3 Å². The van der Waals surface area contributed by atoms with Crippen LogP contribution in [-0.4, -0.2) is 65.7 Å². The SMILES string of the molecule is CCCCNC(=O)c1cccn(CCN(C)CC(F)(F)F)c1=O.Cc1cc(-c2c(C)cc(F)cc2C)cc([C@H](CC(=O)O)NC=O)c1F. The third-order valence-corrected chi connectivity index (χ3v) is 7.34. The molecule has 0 aliphatic heterocycles. The standard InChI is InChI=1S/C19H19F2NO3.C15H22F3N3O2/c1-10-5-14(20)6-11(2)18(10)13-4-12(3)19(21)15(7-13)16(22-9-23)8-17(24)25;1-3-4-7-19-13(22)12-6-5-8-21(14(12)23)10-9-20(2)11-15(16,17)18/h4-7,9,16H,8H2,1-3H3,(H,22,23)(H,24,25);5-6,8H,3-4,7,9-11H2,1-2H3,(H,19,22)/t16-;/m0./s1. The van der Waals surface area contributed by atoms with E-state index >= 15 is 0 Å². The molecule has 0 saturated carbocycles. The lowest BCUT2D eigenvalue weighted by Crippen LogP contribution is -2.37. The lowest BCUT2D eigenvalue weighted by atomic mass is 9.90. The van der Waals surface area contributed by atoms with Crippen LogP contribution in [0.3, 0.4) is 0 Å². The zero-order valence-electron chi connectivity index (χ0n) is 27.5. The molecule has 1 atom stereocenters. The van der Waals surface area contributed by atoms with Crippen molar-refractivity contribution in [2.75, 3.05) is 26.7 Å². The highest BCUT2D eigenvalue weighted by Gasteiger charge is 2.29. The molecule has 2 amide bonds. The van der Waals surface area contributed by atoms with Gasteiger partial charge in [0.05, 0.1) is 19.0 Å². The number of carboxylic acids is 1. The summed E-state index contributed by atoms with van der Waals surface area (Å²) in [6, 6.07) is 7.89. The summed E-state index contributed by atoms with van der Waals surface area (Å²) in [5, 5.41) is 14.0. The average Bonchev–Trinajstić information content (AvgIpc) is 2.97. The Morgan fingerprint density at radius 2 is 1.71 bits per heavy atom. The molecule has 0 fully saturated rings. The molecule has 1 heterocycles. The highest BCUT2D eigenvalue weighted by atomic mass is 19.4. The van der Waals surface area contributed by atoms with Crippen LogP contribution in [0.1, 0.15) is 64.8 Å². The summed E-state index contributed by atoms with van der Waals surface area (Å²) in [6.45, 7) is 6.64. The Morgan fingerprint density at radius 1 is 1.06 bits per heavy atom. The Kier molecular flexibility index (Phi) is 14.9. The first kappa shape index (κ1) is 39.6. The highest BCUT2D eigenvalue weighted by molar-refractivity contribution is 5.93. The minimum atomic E-state index is -4.28. The van der Waals surface area contributed by atoms with Crippen LogP contribution in [0.5, 0.6) is 0 Å². The minimum Gasteiger partial charge on any atom is -0.481 e. The van der Waals surface area contributed by atoms with Gasteiger partial charge in [0.25, 0.3) is 11.5 Å². The fraction of sp³-hybridized carbons (Fsp3) is 0.412. The first-order valence-corrected chi connectivity index (χ1v) is 15.2. The van der Waals surface area contributed by atoms with Gasteiger partial charge < -0.3 is 20.3 Å². The van der Waals surface area contributed by atoms with E-state index < -0.39 is 48.4 Å². The maximum atomic E-state index is 14.6. The summed E-state index contributed by atoms with van der Waals surface area (Å²) >= 11 is 0. The number of alkyl halides is 3. The van der Waals surface area contributed by atoms with Crippen LogP contribution in [0.25, 0.3) is 11.1 Å². The van der Waals surface area contributed by atoms with Crippen molar-refractivity contribution in [1.82, 2.24) is 20.1 Å². The van der Waals surface area contributed by atoms with E-state index in [-0.39, 0.29) is 30.0 Å². The van der Waals surface area contributed by atoms with Gasteiger partial charge in [-0.25, -0.2) is 8.78 Å². The molecule has 0 spiro atoms. The van der Waals surface area contributed by atoms with Gasteiger partial charge in [0.15, 0.2) is 0 Å². The highest BCUT2D eigenvalue weighted by Crippen LogP contribution is 2.33. The molecule has 0 saturated heterocycles. The van der Waals surface area contributed by atoms with Crippen molar-refractivity contribution in [3.8, 4) is 11.1 Å². The molecule has 14 heteroatoms. The number of aliphatic carboxylic acids is 1. The lowest BCUT2D eigenvalue weighted by Gasteiger charge is -2.19. The molecular formula is C34H41F5N4O5. The van der Waals surface area contributed by atoms with E-state index in [1.165, 1.54) is 42.1 Å². The zero-order valence-corrected chi connectivity index (χ0v) is 27.5. The van der Waals surface area contributed by atoms with Gasteiger partial charge in [-0.2, -0.15) is 13.2 Å². The number of nitrogens with one attached hydrogen (secondary N) is 2. The number of carbonyl (C=O) groups is 3. The van der Waals surface area contributed by atoms with Crippen molar-refractivity contribution in [1.29, 1.82) is 0 Å². The number of aryl methyl sites for hydroxylation is 3. The number of nitrogens with zero attached hydrogens (tertiary/aromatic N) is 2. The molecular weight excluding hydrogens is 639 g/mol. The normalized spacial score (nSPS) is 11.8. The van der Waals surface area contributed by atoms with Gasteiger partial charge in [-0.05, 0) is 98.5 Å². The molecule has 262 valence electrons. The molecule has 0 aliphatic rings. The van der Waals surface area contributed by atoms with Gasteiger partial charge in [0.2, 0.25) is 6.41 Å². The molecule has 9 nitrogen and oxygen atoms in total. The van der Waals surface area contributed by atoms with Crippen LogP contribution in [0.15, 0.2) is 47.4 Å². The predicted octanol–water partition coefficient (Wildman–Crippen LogP) is 5.69. The second-order valence-electron chi connectivity index (χ2n) is 11.4. The molecule has 3 N–H and O–H groups in total. The number of aromatic nitrogens is 1. The number of likely N-dealkylation sites (N-methyl/N-ethyl adjacent to an activating group) is 1. The summed E-state index contributed by atoms with van der Waals surface area (Å²) in [5.74, 6) is -2.54. The predicted molar refractivity (Wildman–Crippen MR) is 172 cm³/mol. The molecule has 0 aliphatic carbocycles. The third-order valence-electron chi connectivity index (χ3n) is 7.34. The maximum Gasteiger partial charge on any atom is 0.401 e. The summed E-state index contributed by atoms with van der Waals surface area (Å²) in [5.41, 5.74) is 2.69. The van der Waals surface area contributed by atoms with E-state index in [2.05, 4.69) is 10.6 Å². The monoisotopic (exact) mass is 680 g/mol. The first-order chi connectivity index (χ1) is 22.5. The van der Waals surface area contributed by atoms with E-state index in [0.717, 1.165) is 23.3 Å². The molecule has 1 aromatic heterocycles. The van der Waals surface area contributed by atoms with Gasteiger partial charge in [0, 0.05) is 31.4 Å². The van der Waals surface area contributed by atoms with Gasteiger partial charge in [0.1, 0.15) is 17.2 Å². The number of hydrogen-bond donors (Lipinski definition) is 3. The number of carboxylic acid groups (broad SMARTS) is 1. The second kappa shape index (κ2) is 18.1. The van der Waals surface area contributed by atoms with Crippen LogP contribution in [0.2, 0.25) is 0 Å². The Morgan fingerprint density at radius 3 is 2.27 bits per heavy atom. The Labute approximate surface area is 275 Å². The Hall–Kier alpha value is -4.59. The van der Waals surface area contributed by atoms with Crippen LogP contribution < -0.4 is 16.2 Å². The minimum absolute atomic E-state index is 0.00192. The first-order valence-electron chi connectivity index (χ1n) is 15.2. The van der Waals surface area contributed by atoms with E-state index in [9.17, 15) is 41.1 Å². The number of halogens is 5. The van der Waals surface area contributed by atoms with Crippen LogP contribution in [0, 0.1) is 32.4 Å². The van der Waals surface area contributed by atoms with Gasteiger partial charge in [-0.3, -0.25) is 24.1 Å². The summed E-state index contributed by atoms with van der Waals surface area (Å²) in [7, 11) is 1.33. The van der Waals surface area contributed by atoms with Crippen molar-refractivity contribution in [2.24, 2.45) is 0 Å². The summed E-state index contributed by atoms with van der Waals surface area (Å²) < 4.78 is 66.2. The van der Waals surface area contributed by atoms with E-state index in [1.54, 1.807) is 32.9 Å². The molecule has 3 aromatic rings. The fourth-order valence-corrected chi connectivity index (χ4v) is 5.10. The van der Waals surface area contributed by atoms with Gasteiger partial charge in [-0.1, -0.05) is 13.3 Å². The molecule has 48 heavy (non-hydrogen) atoms. The van der Waals surface area contributed by atoms with E-state index in [1.807, 2.05) is 6.92 Å². The van der Waals surface area contributed by atoms with Crippen LogP contribution in [-0.2, 0) is 16.1 Å². The quantitative estimate of drug-likeness (QED) is 0.114. The number of rotatable bonds is 14. The molecule has 0 radical (unpaired) electrons. The second-order valence-corrected chi connectivity index (χ2v) is 11.4. The number of carbonyl (C=O) groups excluding carboxylic acids is 2. The third kappa shape index (κ3) is 11.9. The van der Waals surface area contributed by atoms with Gasteiger partial charge >= 0.3 is 12.1 Å². The lowest BCUT2D eigenvalue weighted by molar-refractivity contribution is -0.143. The summed E-state index contributed by atoms with van der Waals surface area (Å²) in [4.78, 5) is 47.1. The maximum absolute atomic E-state index is 14.6. The molecule has 2 aromatic carbocycles. The topological polar surface area (TPSA) is 121 Å². The zero-order chi connectivity index (χ0) is 36.2. The number of unbranched alkanes of at least 4 members (excludes halogenated alkanes) is 1. The Balaban J connectivity index is 0.000000335. The summed E-state index contributed by atoms with van der Waals surface area (Å²) in [6.07, 6.45) is -1.17. The van der Waals surface area contributed by atoms with Crippen molar-refractivity contribution in [3.63, 3.8) is 0 Å². The number of hydrogen-bond acceptors (Lipinski definition) is 5. The fourth-order valence-electron chi connectivity index (χ4n) is 5.10. The van der Waals surface area contributed by atoms with Crippen LogP contribution in [0.4, 0.5) is 22.0 Å². The van der Waals surface area contributed by atoms with E-state index in [4.69, 9.17) is 5.11 Å². The molecule has 3 rings (SSSR count). The number of amides is 2. The van der Waals surface area contributed by atoms with Crippen molar-refractivity contribution in [3.05, 3.63) is 92.4 Å². The van der Waals surface area contributed by atoms with Crippen molar-refractivity contribution < 1.29 is 41.4 Å².